The standard InChI is InChI=1S/C14H26N4/c1-4-13-11(10-17(3)16-13)14-12(15)8-6-7-9-18(14)5-2/h10,12,14H,4-9,15H2,1-3H3. The Morgan fingerprint density at radius 2 is 2.17 bits per heavy atom. The number of aryl methyl sites for hydroxylation is 2. The number of hydrogen-bond acceptors (Lipinski definition) is 3. The van der Waals surface area contributed by atoms with Crippen LogP contribution in [0.3, 0.4) is 0 Å². The molecule has 1 saturated heterocycles. The van der Waals surface area contributed by atoms with Crippen LogP contribution in [-0.2, 0) is 13.5 Å². The lowest BCUT2D eigenvalue weighted by Crippen LogP contribution is -2.40. The third kappa shape index (κ3) is 2.59. The van der Waals surface area contributed by atoms with Gasteiger partial charge in [-0.05, 0) is 32.4 Å². The Bertz CT molecular complexity index is 385. The van der Waals surface area contributed by atoms with E-state index in [-0.39, 0.29) is 6.04 Å². The molecule has 18 heavy (non-hydrogen) atoms. The van der Waals surface area contributed by atoms with Gasteiger partial charge in [-0.1, -0.05) is 20.3 Å². The van der Waals surface area contributed by atoms with E-state index in [4.69, 9.17) is 5.73 Å². The van der Waals surface area contributed by atoms with Crippen molar-refractivity contribution in [2.24, 2.45) is 12.8 Å². The fourth-order valence-electron chi connectivity index (χ4n) is 3.12. The molecule has 0 saturated carbocycles. The first-order chi connectivity index (χ1) is 8.67. The second-order valence-corrected chi connectivity index (χ2v) is 5.29. The van der Waals surface area contributed by atoms with Crippen LogP contribution in [0, 0.1) is 0 Å². The SMILES string of the molecule is CCc1nn(C)cc1C1C(N)CCCCN1CC. The first-order valence-electron chi connectivity index (χ1n) is 7.19. The third-order valence-electron chi connectivity index (χ3n) is 4.03. The molecule has 1 fully saturated rings. The zero-order valence-electron chi connectivity index (χ0n) is 11.9. The minimum absolute atomic E-state index is 0.238. The summed E-state index contributed by atoms with van der Waals surface area (Å²) in [6.45, 7) is 6.63. The lowest BCUT2D eigenvalue weighted by atomic mass is 9.96. The fraction of sp³-hybridized carbons (Fsp3) is 0.786. The van der Waals surface area contributed by atoms with Crippen LogP contribution >= 0.6 is 0 Å². The molecule has 0 aliphatic carbocycles. The number of likely N-dealkylation sites (N-methyl/N-ethyl adjacent to an activating group) is 1. The molecule has 0 radical (unpaired) electrons. The van der Waals surface area contributed by atoms with Gasteiger partial charge < -0.3 is 5.73 Å². The molecule has 4 nitrogen and oxygen atoms in total. The maximum Gasteiger partial charge on any atom is 0.0670 e. The molecule has 1 aliphatic rings. The van der Waals surface area contributed by atoms with Crippen LogP contribution in [-0.4, -0.2) is 33.8 Å². The van der Waals surface area contributed by atoms with Crippen LogP contribution in [0.4, 0.5) is 0 Å². The fourth-order valence-corrected chi connectivity index (χ4v) is 3.12. The van der Waals surface area contributed by atoms with E-state index < -0.39 is 0 Å². The topological polar surface area (TPSA) is 47.1 Å². The summed E-state index contributed by atoms with van der Waals surface area (Å²) in [4.78, 5) is 2.52. The first-order valence-corrected chi connectivity index (χ1v) is 7.19. The summed E-state index contributed by atoms with van der Waals surface area (Å²) in [5.41, 5.74) is 8.98. The van der Waals surface area contributed by atoms with Gasteiger partial charge in [0.15, 0.2) is 0 Å². The monoisotopic (exact) mass is 250 g/mol. The lowest BCUT2D eigenvalue weighted by molar-refractivity contribution is 0.194. The number of hydrogen-bond donors (Lipinski definition) is 1. The van der Waals surface area contributed by atoms with Crippen LogP contribution in [0.5, 0.6) is 0 Å². The quantitative estimate of drug-likeness (QED) is 0.890. The maximum atomic E-state index is 6.43. The molecule has 0 aromatic carbocycles. The molecule has 0 amide bonds. The van der Waals surface area contributed by atoms with E-state index in [0.29, 0.717) is 6.04 Å². The van der Waals surface area contributed by atoms with E-state index in [1.54, 1.807) is 0 Å². The molecule has 1 aromatic rings. The number of nitrogens with two attached hydrogens (primary N) is 1. The largest absolute Gasteiger partial charge is 0.326 e. The Hall–Kier alpha value is -0.870. The van der Waals surface area contributed by atoms with Gasteiger partial charge in [-0.3, -0.25) is 9.58 Å². The van der Waals surface area contributed by atoms with Crippen molar-refractivity contribution in [3.05, 3.63) is 17.5 Å². The van der Waals surface area contributed by atoms with Gasteiger partial charge in [0, 0.05) is 24.8 Å². The Balaban J connectivity index is 2.35. The predicted molar refractivity (Wildman–Crippen MR) is 74.4 cm³/mol. The van der Waals surface area contributed by atoms with Gasteiger partial charge >= 0.3 is 0 Å². The van der Waals surface area contributed by atoms with Crippen LogP contribution < -0.4 is 5.73 Å². The second-order valence-electron chi connectivity index (χ2n) is 5.29. The Morgan fingerprint density at radius 3 is 2.83 bits per heavy atom. The average Bonchev–Trinajstić information content (AvgIpc) is 2.62. The summed E-state index contributed by atoms with van der Waals surface area (Å²) >= 11 is 0. The van der Waals surface area contributed by atoms with Crippen LogP contribution in [0.2, 0.25) is 0 Å². The molecule has 2 unspecified atom stereocenters. The summed E-state index contributed by atoms with van der Waals surface area (Å²) in [7, 11) is 2.00. The van der Waals surface area contributed by atoms with Crippen molar-refractivity contribution >= 4 is 0 Å². The molecule has 102 valence electrons. The normalized spacial score (nSPS) is 26.2. The molecule has 0 spiro atoms. The lowest BCUT2D eigenvalue weighted by Gasteiger charge is -2.32. The molecule has 2 rings (SSSR count). The van der Waals surface area contributed by atoms with Gasteiger partial charge in [0.25, 0.3) is 0 Å². The zero-order chi connectivity index (χ0) is 13.1. The summed E-state index contributed by atoms with van der Waals surface area (Å²) in [5.74, 6) is 0. The minimum atomic E-state index is 0.238. The Labute approximate surface area is 110 Å². The molecule has 2 N–H and O–H groups in total. The van der Waals surface area contributed by atoms with E-state index >= 15 is 0 Å². The van der Waals surface area contributed by atoms with Crippen molar-refractivity contribution in [3.63, 3.8) is 0 Å². The van der Waals surface area contributed by atoms with Crippen LogP contribution in [0.15, 0.2) is 6.20 Å². The van der Waals surface area contributed by atoms with Crippen molar-refractivity contribution in [2.45, 2.75) is 51.6 Å². The molecule has 1 aromatic heterocycles. The smallest absolute Gasteiger partial charge is 0.0670 e. The van der Waals surface area contributed by atoms with Crippen molar-refractivity contribution in [1.29, 1.82) is 0 Å². The van der Waals surface area contributed by atoms with Crippen LogP contribution in [0.25, 0.3) is 0 Å². The highest BCUT2D eigenvalue weighted by Gasteiger charge is 2.30. The molecule has 0 bridgehead atoms. The molecule has 1 aliphatic heterocycles. The molecular weight excluding hydrogens is 224 g/mol. The van der Waals surface area contributed by atoms with Gasteiger partial charge in [0.05, 0.1) is 11.7 Å². The van der Waals surface area contributed by atoms with Crippen molar-refractivity contribution in [3.8, 4) is 0 Å². The molecule has 2 heterocycles. The molecular formula is C14H26N4. The summed E-state index contributed by atoms with van der Waals surface area (Å²) in [6, 6.07) is 0.586. The molecule has 2 atom stereocenters. The second kappa shape index (κ2) is 5.85. The van der Waals surface area contributed by atoms with E-state index in [0.717, 1.165) is 25.9 Å². The van der Waals surface area contributed by atoms with E-state index in [1.807, 2.05) is 11.7 Å². The van der Waals surface area contributed by atoms with Gasteiger partial charge in [-0.2, -0.15) is 5.10 Å². The first kappa shape index (κ1) is 13.6. The van der Waals surface area contributed by atoms with Gasteiger partial charge in [-0.25, -0.2) is 0 Å². The summed E-state index contributed by atoms with van der Waals surface area (Å²) < 4.78 is 1.93. The van der Waals surface area contributed by atoms with Crippen molar-refractivity contribution in [1.82, 2.24) is 14.7 Å². The predicted octanol–water partition coefficient (Wildman–Crippen LogP) is 1.86. The number of aromatic nitrogens is 2. The van der Waals surface area contributed by atoms with E-state index in [9.17, 15) is 0 Å². The summed E-state index contributed by atoms with van der Waals surface area (Å²) in [6.07, 6.45) is 6.78. The number of nitrogens with zero attached hydrogens (tertiary/aromatic N) is 3. The molecule has 4 heteroatoms. The van der Waals surface area contributed by atoms with Crippen molar-refractivity contribution < 1.29 is 0 Å². The van der Waals surface area contributed by atoms with Gasteiger partial charge in [0.1, 0.15) is 0 Å². The average molecular weight is 250 g/mol. The van der Waals surface area contributed by atoms with E-state index in [2.05, 4.69) is 30.0 Å². The third-order valence-corrected chi connectivity index (χ3v) is 4.03. The van der Waals surface area contributed by atoms with Gasteiger partial charge in [-0.15, -0.1) is 0 Å². The highest BCUT2D eigenvalue weighted by atomic mass is 15.3. The Morgan fingerprint density at radius 1 is 1.39 bits per heavy atom. The van der Waals surface area contributed by atoms with Crippen LogP contribution in [0.1, 0.15) is 50.4 Å². The summed E-state index contributed by atoms with van der Waals surface area (Å²) in [5, 5.41) is 4.57. The van der Waals surface area contributed by atoms with Crippen molar-refractivity contribution in [2.75, 3.05) is 13.1 Å². The maximum absolute atomic E-state index is 6.43. The highest BCUT2D eigenvalue weighted by molar-refractivity contribution is 5.23. The Kier molecular flexibility index (Phi) is 4.40. The van der Waals surface area contributed by atoms with Gasteiger partial charge in [0.2, 0.25) is 0 Å². The van der Waals surface area contributed by atoms with E-state index in [1.165, 1.54) is 24.1 Å². The minimum Gasteiger partial charge on any atom is -0.326 e. The highest BCUT2D eigenvalue weighted by Crippen LogP contribution is 2.31. The zero-order valence-corrected chi connectivity index (χ0v) is 11.9. The number of likely N-dealkylation sites (tertiary alicyclic amines) is 1. The number of rotatable bonds is 3.